The van der Waals surface area contributed by atoms with Crippen molar-refractivity contribution in [2.24, 2.45) is 0 Å². The van der Waals surface area contributed by atoms with Crippen molar-refractivity contribution in [3.05, 3.63) is 22.1 Å². The molecule has 0 atom stereocenters. The Morgan fingerprint density at radius 1 is 1.22 bits per heavy atom. The Bertz CT molecular complexity index is 247. The summed E-state index contributed by atoms with van der Waals surface area (Å²) in [6.45, 7) is 1.22. The predicted molar refractivity (Wildman–Crippen MR) is 27.8 cm³/mol. The van der Waals surface area contributed by atoms with Crippen LogP contribution in [0.5, 0.6) is 0 Å². The number of hydrogen-bond donors (Lipinski definition) is 1. The molecule has 0 unspecified atom stereocenters. The van der Waals surface area contributed by atoms with Crippen LogP contribution >= 0.6 is 0 Å². The van der Waals surface area contributed by atoms with Crippen molar-refractivity contribution in [3.63, 3.8) is 0 Å². The quantitative estimate of drug-likeness (QED) is 0.526. The summed E-state index contributed by atoms with van der Waals surface area (Å²) in [7, 11) is 0. The van der Waals surface area contributed by atoms with Crippen molar-refractivity contribution in [3.8, 4) is 0 Å². The van der Waals surface area contributed by atoms with E-state index in [0.29, 0.717) is 24.6 Å². The number of hydrogen-bond acceptors (Lipinski definition) is 4. The molecule has 0 spiro atoms. The van der Waals surface area contributed by atoms with Crippen LogP contribution in [0.1, 0.15) is 11.5 Å². The van der Waals surface area contributed by atoms with Gasteiger partial charge in [0.05, 0.1) is 13.1 Å². The topological polar surface area (TPSA) is 55.4 Å². The van der Waals surface area contributed by atoms with Gasteiger partial charge < -0.3 is 14.2 Å². The van der Waals surface area contributed by atoms with E-state index in [1.807, 2.05) is 0 Å². The molecule has 1 aliphatic heterocycles. The summed E-state index contributed by atoms with van der Waals surface area (Å²) in [5.41, 5.74) is 0. The number of nitrogens with one attached hydrogen (secondary N) is 1. The normalized spacial score (nSPS) is 16.0. The second-order valence-corrected chi connectivity index (χ2v) is 1.90. The molecule has 0 amide bonds. The van der Waals surface area contributed by atoms with Gasteiger partial charge in [0.25, 0.3) is 0 Å². The van der Waals surface area contributed by atoms with Crippen LogP contribution in [0.15, 0.2) is 13.6 Å². The molecule has 1 N–H and O–H groups in total. The van der Waals surface area contributed by atoms with Gasteiger partial charge in [-0.1, -0.05) is 0 Å². The first kappa shape index (κ1) is 4.81. The Hall–Kier alpha value is -1.03. The molecule has 1 aromatic heterocycles. The zero-order chi connectivity index (χ0) is 6.27. The molecule has 2 heterocycles. The minimum atomic E-state index is -0.596. The molecule has 0 saturated carbocycles. The van der Waals surface area contributed by atoms with E-state index in [4.69, 9.17) is 0 Å². The van der Waals surface area contributed by atoms with Gasteiger partial charge in [-0.25, -0.2) is 4.79 Å². The summed E-state index contributed by atoms with van der Waals surface area (Å²) in [6.07, 6.45) is 0. The lowest BCUT2D eigenvalue weighted by atomic mass is 10.4. The van der Waals surface area contributed by atoms with Gasteiger partial charge in [-0.15, -0.1) is 0 Å². The van der Waals surface area contributed by atoms with Crippen molar-refractivity contribution in [1.82, 2.24) is 5.32 Å². The van der Waals surface area contributed by atoms with E-state index in [2.05, 4.69) is 14.2 Å². The minimum absolute atomic E-state index is 0.596. The van der Waals surface area contributed by atoms with Gasteiger partial charge in [0.1, 0.15) is 0 Å². The molecule has 0 radical (unpaired) electrons. The standard InChI is InChI=1S/C5H5NO3/c7-5-8-3-1-6-2-4(3)9-5/h6H,1-2H2. The van der Waals surface area contributed by atoms with Crippen LogP contribution in [0.25, 0.3) is 0 Å². The molecule has 48 valence electrons. The first-order chi connectivity index (χ1) is 4.36. The van der Waals surface area contributed by atoms with Gasteiger partial charge in [0.15, 0.2) is 11.5 Å². The Kier molecular flexibility index (Phi) is 0.790. The Labute approximate surface area is 50.5 Å². The molecular formula is C5H5NO3. The largest absolute Gasteiger partial charge is 0.519 e. The maximum atomic E-state index is 10.3. The third kappa shape index (κ3) is 0.598. The van der Waals surface area contributed by atoms with Crippen LogP contribution in [0, 0.1) is 0 Å². The van der Waals surface area contributed by atoms with Crippen LogP contribution in [0.3, 0.4) is 0 Å². The third-order valence-corrected chi connectivity index (χ3v) is 1.30. The fourth-order valence-electron chi connectivity index (χ4n) is 0.895. The van der Waals surface area contributed by atoms with Crippen LogP contribution in [-0.2, 0) is 13.1 Å². The molecule has 0 saturated heterocycles. The molecular weight excluding hydrogens is 122 g/mol. The molecule has 2 rings (SSSR count). The smallest absolute Gasteiger partial charge is 0.394 e. The highest BCUT2D eigenvalue weighted by atomic mass is 16.6. The van der Waals surface area contributed by atoms with Gasteiger partial charge >= 0.3 is 5.82 Å². The maximum Gasteiger partial charge on any atom is 0.519 e. The van der Waals surface area contributed by atoms with Gasteiger partial charge in [0, 0.05) is 0 Å². The van der Waals surface area contributed by atoms with E-state index in [1.54, 1.807) is 0 Å². The van der Waals surface area contributed by atoms with Crippen molar-refractivity contribution in [2.45, 2.75) is 13.1 Å². The van der Waals surface area contributed by atoms with Gasteiger partial charge in [0.2, 0.25) is 0 Å². The first-order valence-electron chi connectivity index (χ1n) is 2.68. The minimum Gasteiger partial charge on any atom is -0.394 e. The summed E-state index contributed by atoms with van der Waals surface area (Å²) in [4.78, 5) is 10.3. The molecule has 1 aromatic rings. The van der Waals surface area contributed by atoms with E-state index in [9.17, 15) is 4.79 Å². The monoisotopic (exact) mass is 127 g/mol. The van der Waals surface area contributed by atoms with E-state index >= 15 is 0 Å². The molecule has 0 aromatic carbocycles. The van der Waals surface area contributed by atoms with E-state index < -0.39 is 5.82 Å². The summed E-state index contributed by atoms with van der Waals surface area (Å²) < 4.78 is 9.28. The number of rotatable bonds is 0. The van der Waals surface area contributed by atoms with Crippen molar-refractivity contribution < 1.29 is 8.83 Å². The second-order valence-electron chi connectivity index (χ2n) is 1.90. The van der Waals surface area contributed by atoms with Gasteiger partial charge in [-0.2, -0.15) is 0 Å². The highest BCUT2D eigenvalue weighted by Crippen LogP contribution is 2.11. The molecule has 9 heavy (non-hydrogen) atoms. The van der Waals surface area contributed by atoms with Crippen LogP contribution in [0.2, 0.25) is 0 Å². The maximum absolute atomic E-state index is 10.3. The van der Waals surface area contributed by atoms with Crippen LogP contribution in [-0.4, -0.2) is 0 Å². The van der Waals surface area contributed by atoms with Crippen LogP contribution in [0.4, 0.5) is 0 Å². The van der Waals surface area contributed by atoms with E-state index in [-0.39, 0.29) is 0 Å². The predicted octanol–water partition coefficient (Wildman–Crippen LogP) is -0.164. The van der Waals surface area contributed by atoms with Crippen molar-refractivity contribution in [2.75, 3.05) is 0 Å². The zero-order valence-corrected chi connectivity index (χ0v) is 4.64. The average Bonchev–Trinajstić information content (AvgIpc) is 2.22. The summed E-state index contributed by atoms with van der Waals surface area (Å²) >= 11 is 0. The fraction of sp³-hybridized carbons (Fsp3) is 0.400. The molecule has 0 bridgehead atoms. The molecule has 1 aliphatic rings. The molecule has 0 fully saturated rings. The fourth-order valence-corrected chi connectivity index (χ4v) is 0.895. The molecule has 4 heteroatoms. The van der Waals surface area contributed by atoms with E-state index in [1.165, 1.54) is 0 Å². The van der Waals surface area contributed by atoms with E-state index in [0.717, 1.165) is 0 Å². The van der Waals surface area contributed by atoms with Crippen LogP contribution < -0.4 is 11.1 Å². The third-order valence-electron chi connectivity index (χ3n) is 1.30. The highest BCUT2D eigenvalue weighted by Gasteiger charge is 2.17. The van der Waals surface area contributed by atoms with Gasteiger partial charge in [-0.3, -0.25) is 0 Å². The SMILES string of the molecule is O=c1oc2c(o1)CNC2. The lowest BCUT2D eigenvalue weighted by Gasteiger charge is -1.80. The Morgan fingerprint density at radius 2 is 1.78 bits per heavy atom. The molecule has 4 nitrogen and oxygen atoms in total. The highest BCUT2D eigenvalue weighted by molar-refractivity contribution is 5.07. The first-order valence-corrected chi connectivity index (χ1v) is 2.68. The number of fused-ring (bicyclic) bond motifs is 1. The Balaban J connectivity index is 2.64. The second kappa shape index (κ2) is 1.48. The lowest BCUT2D eigenvalue weighted by molar-refractivity contribution is 0.349. The summed E-state index contributed by atoms with van der Waals surface area (Å²) in [6, 6.07) is 0. The Morgan fingerprint density at radius 3 is 2.33 bits per heavy atom. The summed E-state index contributed by atoms with van der Waals surface area (Å²) in [5.74, 6) is 0.682. The van der Waals surface area contributed by atoms with Crippen molar-refractivity contribution >= 4 is 0 Å². The lowest BCUT2D eigenvalue weighted by Crippen LogP contribution is -2.03. The average molecular weight is 127 g/mol. The van der Waals surface area contributed by atoms with Gasteiger partial charge in [-0.05, 0) is 0 Å². The molecule has 0 aliphatic carbocycles. The summed E-state index contributed by atoms with van der Waals surface area (Å²) in [5, 5.41) is 2.97. The zero-order valence-electron chi connectivity index (χ0n) is 4.64. The van der Waals surface area contributed by atoms with Crippen molar-refractivity contribution in [1.29, 1.82) is 0 Å².